The summed E-state index contributed by atoms with van der Waals surface area (Å²) >= 11 is 0. The Kier molecular flexibility index (Phi) is 4.67. The van der Waals surface area contributed by atoms with E-state index in [2.05, 4.69) is 4.74 Å². The topological polar surface area (TPSA) is 87.0 Å². The molecular formula is C7H14O5. The van der Waals surface area contributed by atoms with Gasteiger partial charge in [0.15, 0.2) is 0 Å². The molecule has 0 aliphatic rings. The standard InChI is InChI=1S/C7H14O5/c1-2-7(11)12-4-6(10)5(9)3-8/h5-6,8-10H,2-4H2,1H3/t5-,6+/m1/s1/i4D/t4?,5-,6+. The van der Waals surface area contributed by atoms with Crippen molar-refractivity contribution in [3.63, 3.8) is 0 Å². The number of rotatable bonds is 5. The van der Waals surface area contributed by atoms with E-state index in [1.807, 2.05) is 0 Å². The van der Waals surface area contributed by atoms with E-state index in [4.69, 9.17) is 16.7 Å². The minimum Gasteiger partial charge on any atom is -0.463 e. The molecule has 0 bridgehead atoms. The van der Waals surface area contributed by atoms with E-state index >= 15 is 0 Å². The Balaban J connectivity index is 3.95. The summed E-state index contributed by atoms with van der Waals surface area (Å²) in [7, 11) is 0. The van der Waals surface area contributed by atoms with Crippen molar-refractivity contribution in [1.82, 2.24) is 0 Å². The molecule has 0 aromatic rings. The third-order valence-electron chi connectivity index (χ3n) is 1.21. The van der Waals surface area contributed by atoms with Crippen LogP contribution in [0.4, 0.5) is 0 Å². The summed E-state index contributed by atoms with van der Waals surface area (Å²) in [6, 6.07) is 0. The Morgan fingerprint density at radius 1 is 1.58 bits per heavy atom. The zero-order valence-electron chi connectivity index (χ0n) is 7.80. The normalized spacial score (nSPS) is 19.2. The van der Waals surface area contributed by atoms with Crippen molar-refractivity contribution in [1.29, 1.82) is 0 Å². The SMILES string of the molecule is [2H]C(OC(=O)CC)[C@H](O)[C@H](O)CO. The van der Waals surface area contributed by atoms with Crippen molar-refractivity contribution in [2.75, 3.05) is 13.2 Å². The van der Waals surface area contributed by atoms with Gasteiger partial charge < -0.3 is 20.1 Å². The zero-order chi connectivity index (χ0) is 10.4. The molecule has 1 unspecified atom stereocenters. The highest BCUT2D eigenvalue weighted by Crippen LogP contribution is 1.94. The second-order valence-electron chi connectivity index (χ2n) is 2.22. The average molecular weight is 179 g/mol. The van der Waals surface area contributed by atoms with Gasteiger partial charge in [0.25, 0.3) is 0 Å². The number of carbonyl (C=O) groups is 1. The second-order valence-corrected chi connectivity index (χ2v) is 2.22. The lowest BCUT2D eigenvalue weighted by molar-refractivity contribution is -0.149. The summed E-state index contributed by atoms with van der Waals surface area (Å²) in [6.07, 6.45) is -2.95. The maximum atomic E-state index is 10.6. The van der Waals surface area contributed by atoms with E-state index in [9.17, 15) is 4.79 Å². The number of esters is 1. The first kappa shape index (κ1) is 9.44. The zero-order valence-corrected chi connectivity index (χ0v) is 6.80. The number of hydrogen-bond donors (Lipinski definition) is 3. The summed E-state index contributed by atoms with van der Waals surface area (Å²) < 4.78 is 11.5. The van der Waals surface area contributed by atoms with E-state index in [-0.39, 0.29) is 6.42 Å². The van der Waals surface area contributed by atoms with Gasteiger partial charge in [-0.05, 0) is 0 Å². The highest BCUT2D eigenvalue weighted by molar-refractivity contribution is 5.68. The van der Waals surface area contributed by atoms with Crippen LogP contribution in [0.25, 0.3) is 0 Å². The maximum absolute atomic E-state index is 10.6. The number of aliphatic hydroxyl groups is 3. The molecule has 0 saturated heterocycles. The van der Waals surface area contributed by atoms with Crippen LogP contribution >= 0.6 is 0 Å². The summed E-state index contributed by atoms with van der Waals surface area (Å²) in [4.78, 5) is 10.6. The molecule has 72 valence electrons. The molecule has 12 heavy (non-hydrogen) atoms. The molecule has 5 nitrogen and oxygen atoms in total. The van der Waals surface area contributed by atoms with Crippen LogP contribution < -0.4 is 0 Å². The smallest absolute Gasteiger partial charge is 0.305 e. The fourth-order valence-electron chi connectivity index (χ4n) is 0.428. The number of ether oxygens (including phenoxy) is 1. The Morgan fingerprint density at radius 3 is 2.58 bits per heavy atom. The van der Waals surface area contributed by atoms with Gasteiger partial charge in [0.2, 0.25) is 0 Å². The second kappa shape index (κ2) is 5.93. The molecule has 3 N–H and O–H groups in total. The molecule has 5 heteroatoms. The fraction of sp³-hybridized carbons (Fsp3) is 0.857. The van der Waals surface area contributed by atoms with E-state index in [0.29, 0.717) is 0 Å². The van der Waals surface area contributed by atoms with Crippen LogP contribution in [-0.2, 0) is 9.53 Å². The quantitative estimate of drug-likeness (QED) is 0.454. The predicted molar refractivity (Wildman–Crippen MR) is 40.3 cm³/mol. The summed E-state index contributed by atoms with van der Waals surface area (Å²) in [5.74, 6) is -0.635. The molecule has 3 atom stereocenters. The molecule has 0 amide bonds. The Morgan fingerprint density at radius 2 is 2.17 bits per heavy atom. The van der Waals surface area contributed by atoms with Crippen LogP contribution in [0.1, 0.15) is 14.7 Å². The minimum absolute atomic E-state index is 0.0946. The van der Waals surface area contributed by atoms with Crippen LogP contribution in [0, 0.1) is 0 Å². The average Bonchev–Trinajstić information content (AvgIpc) is 2.14. The van der Waals surface area contributed by atoms with Crippen molar-refractivity contribution < 1.29 is 26.2 Å². The van der Waals surface area contributed by atoms with Gasteiger partial charge in [0, 0.05) is 6.42 Å². The molecule has 0 aliphatic heterocycles. The van der Waals surface area contributed by atoms with E-state index in [0.717, 1.165) is 0 Å². The van der Waals surface area contributed by atoms with Crippen molar-refractivity contribution in [3.8, 4) is 0 Å². The van der Waals surface area contributed by atoms with Crippen LogP contribution in [0.3, 0.4) is 0 Å². The van der Waals surface area contributed by atoms with Gasteiger partial charge in [-0.15, -0.1) is 0 Å². The molecule has 0 aliphatic carbocycles. The molecule has 0 aromatic carbocycles. The van der Waals surface area contributed by atoms with Crippen LogP contribution in [0.5, 0.6) is 0 Å². The summed E-state index contributed by atoms with van der Waals surface area (Å²) in [5.41, 5.74) is 0. The lowest BCUT2D eigenvalue weighted by Gasteiger charge is -2.14. The fourth-order valence-corrected chi connectivity index (χ4v) is 0.428. The third-order valence-corrected chi connectivity index (χ3v) is 1.21. The molecule has 0 radical (unpaired) electrons. The maximum Gasteiger partial charge on any atom is 0.305 e. The largest absolute Gasteiger partial charge is 0.463 e. The number of carbonyl (C=O) groups excluding carboxylic acids is 1. The predicted octanol–water partition coefficient (Wildman–Crippen LogP) is -1.35. The number of aliphatic hydroxyl groups excluding tert-OH is 3. The lowest BCUT2D eigenvalue weighted by Crippen LogP contribution is -2.34. The van der Waals surface area contributed by atoms with Gasteiger partial charge in [-0.25, -0.2) is 0 Å². The van der Waals surface area contributed by atoms with Gasteiger partial charge in [0.1, 0.15) is 18.8 Å². The van der Waals surface area contributed by atoms with Crippen molar-refractivity contribution in [3.05, 3.63) is 0 Å². The molecule has 0 spiro atoms. The Labute approximate surface area is 72.0 Å². The highest BCUT2D eigenvalue weighted by Gasteiger charge is 2.16. The first-order valence-corrected chi connectivity index (χ1v) is 3.61. The van der Waals surface area contributed by atoms with Crippen molar-refractivity contribution >= 4 is 5.97 Å². The van der Waals surface area contributed by atoms with Crippen molar-refractivity contribution in [2.24, 2.45) is 0 Å². The minimum atomic E-state index is -1.58. The van der Waals surface area contributed by atoms with E-state index < -0.39 is 31.4 Å². The van der Waals surface area contributed by atoms with Crippen molar-refractivity contribution in [2.45, 2.75) is 25.6 Å². The Hall–Kier alpha value is -0.650. The van der Waals surface area contributed by atoms with Gasteiger partial charge in [-0.3, -0.25) is 4.79 Å². The van der Waals surface area contributed by atoms with E-state index in [1.165, 1.54) is 0 Å². The lowest BCUT2D eigenvalue weighted by atomic mass is 10.2. The van der Waals surface area contributed by atoms with Gasteiger partial charge in [0.05, 0.1) is 7.98 Å². The first-order valence-electron chi connectivity index (χ1n) is 4.19. The molecular weight excluding hydrogens is 164 g/mol. The molecule has 0 fully saturated rings. The Bertz CT molecular complexity index is 163. The van der Waals surface area contributed by atoms with Crippen LogP contribution in [-0.4, -0.2) is 46.7 Å². The third kappa shape index (κ3) is 4.27. The first-order chi connectivity index (χ1) is 6.02. The van der Waals surface area contributed by atoms with E-state index in [1.54, 1.807) is 6.92 Å². The van der Waals surface area contributed by atoms with Gasteiger partial charge in [-0.2, -0.15) is 0 Å². The highest BCUT2D eigenvalue weighted by atomic mass is 16.5. The van der Waals surface area contributed by atoms with Gasteiger partial charge in [-0.1, -0.05) is 6.92 Å². The summed E-state index contributed by atoms with van der Waals surface area (Å²) in [5, 5.41) is 26.3. The van der Waals surface area contributed by atoms with Gasteiger partial charge >= 0.3 is 5.97 Å². The van der Waals surface area contributed by atoms with Crippen LogP contribution in [0.15, 0.2) is 0 Å². The molecule has 0 heterocycles. The monoisotopic (exact) mass is 179 g/mol. The van der Waals surface area contributed by atoms with Crippen LogP contribution in [0.2, 0.25) is 0 Å². The molecule has 0 rings (SSSR count). The molecule has 0 saturated carbocycles. The summed E-state index contributed by atoms with van der Waals surface area (Å²) in [6.45, 7) is -0.695. The number of hydrogen-bond acceptors (Lipinski definition) is 5. The molecule has 0 aromatic heterocycles.